The van der Waals surface area contributed by atoms with Crippen molar-refractivity contribution in [1.29, 1.82) is 0 Å². The molecule has 2 aromatic rings. The molecule has 2 aliphatic carbocycles. The summed E-state index contributed by atoms with van der Waals surface area (Å²) in [5.74, 6) is 2.12. The fraction of sp³-hybridized carbons (Fsp3) is 0.586. The second-order valence-electron chi connectivity index (χ2n) is 10.2. The molecule has 0 bridgehead atoms. The van der Waals surface area contributed by atoms with Gasteiger partial charge in [0, 0.05) is 0 Å². The Hall–Kier alpha value is -1.96. The van der Waals surface area contributed by atoms with Gasteiger partial charge in [-0.25, -0.2) is 0 Å². The highest BCUT2D eigenvalue weighted by molar-refractivity contribution is 5.46. The molecule has 31 heavy (non-hydrogen) atoms. The Bertz CT molecular complexity index is 813. The van der Waals surface area contributed by atoms with E-state index in [0.717, 1.165) is 30.4 Å². The van der Waals surface area contributed by atoms with Crippen LogP contribution in [0.15, 0.2) is 24.3 Å². The Morgan fingerprint density at radius 1 is 0.613 bits per heavy atom. The van der Waals surface area contributed by atoms with Crippen LogP contribution in [0.1, 0.15) is 116 Å². The molecule has 2 saturated carbocycles. The molecule has 2 N–H and O–H groups in total. The van der Waals surface area contributed by atoms with Crippen LogP contribution in [0.5, 0.6) is 11.5 Å². The number of phenolic OH excluding ortho intramolecular Hbond substituents is 2. The smallest absolute Gasteiger partial charge is 0.121 e. The van der Waals surface area contributed by atoms with Gasteiger partial charge >= 0.3 is 0 Å². The first-order valence-electron chi connectivity index (χ1n) is 12.7. The highest BCUT2D eigenvalue weighted by Gasteiger charge is 2.21. The van der Waals surface area contributed by atoms with Crippen LogP contribution in [0.25, 0.3) is 0 Å². The molecule has 2 fully saturated rings. The second kappa shape index (κ2) is 10.1. The first-order chi connectivity index (χ1) is 15.0. The molecule has 0 atom stereocenters. The van der Waals surface area contributed by atoms with E-state index in [2.05, 4.69) is 24.3 Å². The van der Waals surface area contributed by atoms with Crippen molar-refractivity contribution in [3.05, 3.63) is 57.6 Å². The Morgan fingerprint density at radius 3 is 1.39 bits per heavy atom. The van der Waals surface area contributed by atoms with E-state index >= 15 is 0 Å². The van der Waals surface area contributed by atoms with Gasteiger partial charge in [0.2, 0.25) is 0 Å². The van der Waals surface area contributed by atoms with Gasteiger partial charge in [-0.05, 0) is 104 Å². The van der Waals surface area contributed by atoms with Gasteiger partial charge in [0.25, 0.3) is 0 Å². The molecule has 0 heterocycles. The third-order valence-corrected chi connectivity index (χ3v) is 7.80. The van der Waals surface area contributed by atoms with Crippen molar-refractivity contribution >= 4 is 0 Å². The third kappa shape index (κ3) is 5.27. The van der Waals surface area contributed by atoms with Crippen molar-refractivity contribution in [2.24, 2.45) is 0 Å². The van der Waals surface area contributed by atoms with E-state index in [0.29, 0.717) is 23.3 Å². The Morgan fingerprint density at radius 2 is 1.00 bits per heavy atom. The van der Waals surface area contributed by atoms with E-state index in [9.17, 15) is 10.2 Å². The minimum Gasteiger partial charge on any atom is -0.507 e. The van der Waals surface area contributed by atoms with Crippen LogP contribution in [0.2, 0.25) is 0 Å². The molecule has 0 aromatic heterocycles. The van der Waals surface area contributed by atoms with Crippen LogP contribution in [-0.4, -0.2) is 10.2 Å². The molecule has 2 nitrogen and oxygen atoms in total. The molecular formula is C29H40O2. The Balaban J connectivity index is 1.44. The summed E-state index contributed by atoms with van der Waals surface area (Å²) in [5, 5.41) is 21.3. The number of hydrogen-bond acceptors (Lipinski definition) is 2. The maximum Gasteiger partial charge on any atom is 0.121 e. The van der Waals surface area contributed by atoms with Gasteiger partial charge in [-0.2, -0.15) is 0 Å². The number of rotatable bonds is 6. The summed E-state index contributed by atoms with van der Waals surface area (Å²) >= 11 is 0. The van der Waals surface area contributed by atoms with Crippen molar-refractivity contribution in [2.75, 3.05) is 0 Å². The zero-order chi connectivity index (χ0) is 21.8. The topological polar surface area (TPSA) is 40.5 Å². The lowest BCUT2D eigenvalue weighted by atomic mass is 9.81. The molecule has 2 aliphatic rings. The predicted octanol–water partition coefficient (Wildman–Crippen LogP) is 7.99. The fourth-order valence-corrected chi connectivity index (χ4v) is 6.00. The first kappa shape index (κ1) is 22.2. The summed E-state index contributed by atoms with van der Waals surface area (Å²) in [4.78, 5) is 0. The lowest BCUT2D eigenvalue weighted by molar-refractivity contribution is 0.412. The third-order valence-electron chi connectivity index (χ3n) is 7.80. The van der Waals surface area contributed by atoms with E-state index < -0.39 is 0 Å². The zero-order valence-electron chi connectivity index (χ0n) is 19.6. The molecule has 2 aromatic carbocycles. The van der Waals surface area contributed by atoms with Crippen molar-refractivity contribution in [2.45, 2.75) is 109 Å². The minimum absolute atomic E-state index is 0.530. The highest BCUT2D eigenvalue weighted by Crippen LogP contribution is 2.40. The van der Waals surface area contributed by atoms with Crippen molar-refractivity contribution < 1.29 is 10.2 Å². The molecule has 2 heteroatoms. The number of hydrogen-bond donors (Lipinski definition) is 2. The summed E-state index contributed by atoms with van der Waals surface area (Å²) in [6.07, 6.45) is 15.9. The highest BCUT2D eigenvalue weighted by atomic mass is 16.3. The summed E-state index contributed by atoms with van der Waals surface area (Å²) in [6.45, 7) is 4.09. The number of aryl methyl sites for hydroxylation is 4. The fourth-order valence-electron chi connectivity index (χ4n) is 6.00. The van der Waals surface area contributed by atoms with Gasteiger partial charge in [-0.3, -0.25) is 0 Å². The van der Waals surface area contributed by atoms with Crippen LogP contribution in [0.4, 0.5) is 0 Å². The van der Waals surface area contributed by atoms with Crippen molar-refractivity contribution in [3.8, 4) is 11.5 Å². The van der Waals surface area contributed by atoms with Crippen LogP contribution < -0.4 is 0 Å². The van der Waals surface area contributed by atoms with Crippen molar-refractivity contribution in [1.82, 2.24) is 0 Å². The van der Waals surface area contributed by atoms with Crippen LogP contribution in [-0.2, 0) is 12.8 Å². The van der Waals surface area contributed by atoms with E-state index in [1.165, 1.54) is 86.5 Å². The number of benzene rings is 2. The van der Waals surface area contributed by atoms with E-state index in [1.54, 1.807) is 0 Å². The molecule has 168 valence electrons. The summed E-state index contributed by atoms with van der Waals surface area (Å²) in [7, 11) is 0. The molecule has 0 saturated heterocycles. The van der Waals surface area contributed by atoms with Gasteiger partial charge in [0.1, 0.15) is 11.5 Å². The summed E-state index contributed by atoms with van der Waals surface area (Å²) in [6, 6.07) is 8.93. The second-order valence-corrected chi connectivity index (χ2v) is 10.2. The zero-order valence-corrected chi connectivity index (χ0v) is 19.6. The monoisotopic (exact) mass is 420 g/mol. The molecule has 0 unspecified atom stereocenters. The maximum absolute atomic E-state index is 10.7. The minimum atomic E-state index is 0.530. The average Bonchev–Trinajstić information content (AvgIpc) is 2.79. The molecule has 4 rings (SSSR count). The molecular weight excluding hydrogens is 380 g/mol. The van der Waals surface area contributed by atoms with Gasteiger partial charge in [-0.1, -0.05) is 62.8 Å². The maximum atomic E-state index is 10.7. The van der Waals surface area contributed by atoms with E-state index in [-0.39, 0.29) is 0 Å². The number of phenols is 2. The summed E-state index contributed by atoms with van der Waals surface area (Å²) in [5.41, 5.74) is 7.15. The molecule has 0 amide bonds. The molecule has 0 spiro atoms. The standard InChI is InChI=1S/C29H40O2/c1-20-16-22(18-26(28(20)30)24-12-5-3-6-13-24)10-9-11-23-17-21(2)29(31)27(19-23)25-14-7-4-8-15-25/h16-19,24-25,30-31H,3-15H2,1-2H3. The Kier molecular flexibility index (Phi) is 7.25. The van der Waals surface area contributed by atoms with Gasteiger partial charge in [-0.15, -0.1) is 0 Å². The van der Waals surface area contributed by atoms with E-state index in [4.69, 9.17) is 0 Å². The average molecular weight is 421 g/mol. The van der Waals surface area contributed by atoms with Crippen LogP contribution in [0.3, 0.4) is 0 Å². The predicted molar refractivity (Wildman–Crippen MR) is 129 cm³/mol. The summed E-state index contributed by atoms with van der Waals surface area (Å²) < 4.78 is 0. The van der Waals surface area contributed by atoms with E-state index in [1.807, 2.05) is 13.8 Å². The van der Waals surface area contributed by atoms with Gasteiger partial charge in [0.05, 0.1) is 0 Å². The lowest BCUT2D eigenvalue weighted by Crippen LogP contribution is -2.07. The normalized spacial score (nSPS) is 18.4. The number of aromatic hydroxyl groups is 2. The first-order valence-corrected chi connectivity index (χ1v) is 12.7. The quantitative estimate of drug-likeness (QED) is 0.497. The Labute approximate surface area is 188 Å². The van der Waals surface area contributed by atoms with Crippen LogP contribution >= 0.6 is 0 Å². The lowest BCUT2D eigenvalue weighted by Gasteiger charge is -2.24. The van der Waals surface area contributed by atoms with Gasteiger partial charge < -0.3 is 10.2 Å². The molecule has 0 aliphatic heterocycles. The largest absolute Gasteiger partial charge is 0.507 e. The van der Waals surface area contributed by atoms with Crippen molar-refractivity contribution in [3.63, 3.8) is 0 Å². The SMILES string of the molecule is Cc1cc(CCCc2cc(C)c(O)c(C3CCCCC3)c2)cc(C2CCCCC2)c1O. The van der Waals surface area contributed by atoms with Gasteiger partial charge in [0.15, 0.2) is 0 Å². The molecule has 0 radical (unpaired) electrons. The van der Waals surface area contributed by atoms with Crippen LogP contribution in [0, 0.1) is 13.8 Å².